The number of nitrogens with zero attached hydrogens (tertiary/aromatic N) is 3. The average molecular weight is 398 g/mol. The molecule has 0 fully saturated rings. The van der Waals surface area contributed by atoms with E-state index in [9.17, 15) is 9.59 Å². The summed E-state index contributed by atoms with van der Waals surface area (Å²) in [4.78, 5) is 32.1. The number of hydrogen-bond acceptors (Lipinski definition) is 4. The first-order chi connectivity index (χ1) is 14.1. The van der Waals surface area contributed by atoms with Crippen LogP contribution in [-0.4, -0.2) is 41.0 Å². The number of benzene rings is 1. The molecule has 3 rings (SSSR count). The minimum Gasteiger partial charge on any atom is -0.372 e. The smallest absolute Gasteiger partial charge is 0.287 e. The molecule has 0 saturated carbocycles. The minimum atomic E-state index is -0.263. The quantitative estimate of drug-likeness (QED) is 0.715. The van der Waals surface area contributed by atoms with Crippen LogP contribution < -0.4 is 15.5 Å². The molecule has 0 radical (unpaired) electrons. The van der Waals surface area contributed by atoms with Crippen LogP contribution in [0.25, 0.3) is 0 Å². The SMILES string of the molecule is CCCNC(=O)c1nc(C(=O)Nc2ccc(N(CC)CC)cc2)c2n1CCCC2. The molecule has 7 heteroatoms. The first-order valence-corrected chi connectivity index (χ1v) is 10.6. The Morgan fingerprint density at radius 3 is 2.45 bits per heavy atom. The van der Waals surface area contributed by atoms with E-state index in [1.807, 2.05) is 35.8 Å². The lowest BCUT2D eigenvalue weighted by Gasteiger charge is -2.21. The fourth-order valence-electron chi connectivity index (χ4n) is 3.75. The van der Waals surface area contributed by atoms with E-state index in [0.717, 1.165) is 62.4 Å². The van der Waals surface area contributed by atoms with Gasteiger partial charge in [0, 0.05) is 37.6 Å². The Bertz CT molecular complexity index is 853. The van der Waals surface area contributed by atoms with Gasteiger partial charge in [0.1, 0.15) is 0 Å². The predicted octanol–water partition coefficient (Wildman–Crippen LogP) is 3.46. The van der Waals surface area contributed by atoms with Gasteiger partial charge in [0.2, 0.25) is 0 Å². The highest BCUT2D eigenvalue weighted by molar-refractivity contribution is 6.05. The number of hydrogen-bond donors (Lipinski definition) is 2. The fourth-order valence-corrected chi connectivity index (χ4v) is 3.75. The molecule has 29 heavy (non-hydrogen) atoms. The number of rotatable bonds is 8. The average Bonchev–Trinajstić information content (AvgIpc) is 3.14. The molecule has 7 nitrogen and oxygen atoms in total. The van der Waals surface area contributed by atoms with Gasteiger partial charge in [-0.25, -0.2) is 4.98 Å². The van der Waals surface area contributed by atoms with Gasteiger partial charge in [0.25, 0.3) is 11.8 Å². The summed E-state index contributed by atoms with van der Waals surface area (Å²) in [5.74, 6) is -0.131. The number of carbonyl (C=O) groups is 2. The summed E-state index contributed by atoms with van der Waals surface area (Å²) in [7, 11) is 0. The predicted molar refractivity (Wildman–Crippen MR) is 116 cm³/mol. The first kappa shape index (κ1) is 20.9. The molecule has 0 bridgehead atoms. The van der Waals surface area contributed by atoms with Crippen LogP contribution in [-0.2, 0) is 13.0 Å². The van der Waals surface area contributed by atoms with Crippen molar-refractivity contribution in [2.24, 2.45) is 0 Å². The summed E-state index contributed by atoms with van der Waals surface area (Å²) in [5.41, 5.74) is 3.07. The van der Waals surface area contributed by atoms with Crippen LogP contribution in [0.4, 0.5) is 11.4 Å². The van der Waals surface area contributed by atoms with Gasteiger partial charge >= 0.3 is 0 Å². The summed E-state index contributed by atoms with van der Waals surface area (Å²) in [5, 5.41) is 5.81. The second-order valence-electron chi connectivity index (χ2n) is 7.27. The zero-order valence-corrected chi connectivity index (χ0v) is 17.6. The van der Waals surface area contributed by atoms with E-state index in [2.05, 4.69) is 34.4 Å². The topological polar surface area (TPSA) is 79.3 Å². The first-order valence-electron chi connectivity index (χ1n) is 10.6. The summed E-state index contributed by atoms with van der Waals surface area (Å²) in [6, 6.07) is 7.83. The molecule has 0 aliphatic carbocycles. The molecule has 2 heterocycles. The monoisotopic (exact) mass is 397 g/mol. The Morgan fingerprint density at radius 2 is 1.79 bits per heavy atom. The lowest BCUT2D eigenvalue weighted by atomic mass is 10.1. The van der Waals surface area contributed by atoms with Gasteiger partial charge in [-0.05, 0) is 63.8 Å². The second kappa shape index (κ2) is 9.58. The molecular weight excluding hydrogens is 366 g/mol. The fraction of sp³-hybridized carbons (Fsp3) is 0.500. The molecule has 0 spiro atoms. The highest BCUT2D eigenvalue weighted by atomic mass is 16.2. The maximum absolute atomic E-state index is 12.9. The minimum absolute atomic E-state index is 0.211. The summed E-state index contributed by atoms with van der Waals surface area (Å²) in [6.45, 7) is 9.44. The molecule has 0 saturated heterocycles. The van der Waals surface area contributed by atoms with Crippen molar-refractivity contribution in [1.82, 2.24) is 14.9 Å². The number of carbonyl (C=O) groups excluding carboxylic acids is 2. The third-order valence-electron chi connectivity index (χ3n) is 5.33. The van der Waals surface area contributed by atoms with Crippen molar-refractivity contribution in [2.45, 2.75) is 53.0 Å². The maximum Gasteiger partial charge on any atom is 0.287 e. The van der Waals surface area contributed by atoms with Crippen LogP contribution in [0.2, 0.25) is 0 Å². The van der Waals surface area contributed by atoms with Gasteiger partial charge in [-0.2, -0.15) is 0 Å². The molecule has 2 amide bonds. The Hall–Kier alpha value is -2.83. The molecular formula is C22H31N5O2. The third kappa shape index (κ3) is 4.60. The van der Waals surface area contributed by atoms with E-state index in [1.54, 1.807) is 0 Å². The van der Waals surface area contributed by atoms with Gasteiger partial charge in [0.15, 0.2) is 11.5 Å². The van der Waals surface area contributed by atoms with E-state index < -0.39 is 0 Å². The molecule has 2 N–H and O–H groups in total. The van der Waals surface area contributed by atoms with Crippen molar-refractivity contribution < 1.29 is 9.59 Å². The van der Waals surface area contributed by atoms with E-state index in [0.29, 0.717) is 18.1 Å². The number of anilines is 2. The second-order valence-corrected chi connectivity index (χ2v) is 7.27. The number of nitrogens with one attached hydrogen (secondary N) is 2. The lowest BCUT2D eigenvalue weighted by Crippen LogP contribution is -2.28. The largest absolute Gasteiger partial charge is 0.372 e. The summed E-state index contributed by atoms with van der Waals surface area (Å²) < 4.78 is 1.91. The molecule has 1 aromatic carbocycles. The molecule has 1 aliphatic rings. The van der Waals surface area contributed by atoms with Gasteiger partial charge < -0.3 is 20.1 Å². The van der Waals surface area contributed by atoms with E-state index in [-0.39, 0.29) is 11.8 Å². The maximum atomic E-state index is 12.9. The standard InChI is InChI=1S/C22H31N5O2/c1-4-14-23-22(29)20-25-19(18-9-7-8-15-27(18)20)21(28)24-16-10-12-17(13-11-16)26(5-2)6-3/h10-13H,4-9,14-15H2,1-3H3,(H,23,29)(H,24,28). The van der Waals surface area contributed by atoms with Crippen LogP contribution in [0, 0.1) is 0 Å². The Labute approximate surface area is 172 Å². The molecule has 0 atom stereocenters. The van der Waals surface area contributed by atoms with Crippen LogP contribution in [0.3, 0.4) is 0 Å². The van der Waals surface area contributed by atoms with Gasteiger partial charge in [-0.15, -0.1) is 0 Å². The lowest BCUT2D eigenvalue weighted by molar-refractivity contribution is 0.0937. The third-order valence-corrected chi connectivity index (χ3v) is 5.33. The Morgan fingerprint density at radius 1 is 1.07 bits per heavy atom. The molecule has 1 aromatic heterocycles. The van der Waals surface area contributed by atoms with Gasteiger partial charge in [0.05, 0.1) is 5.69 Å². The van der Waals surface area contributed by atoms with Crippen molar-refractivity contribution in [1.29, 1.82) is 0 Å². The van der Waals surface area contributed by atoms with Crippen molar-refractivity contribution in [3.63, 3.8) is 0 Å². The van der Waals surface area contributed by atoms with E-state index >= 15 is 0 Å². The zero-order valence-electron chi connectivity index (χ0n) is 17.6. The van der Waals surface area contributed by atoms with Crippen LogP contribution >= 0.6 is 0 Å². The van der Waals surface area contributed by atoms with Crippen molar-refractivity contribution >= 4 is 23.2 Å². The van der Waals surface area contributed by atoms with E-state index in [4.69, 9.17) is 0 Å². The summed E-state index contributed by atoms with van der Waals surface area (Å²) >= 11 is 0. The molecule has 0 unspecified atom stereocenters. The highest BCUT2D eigenvalue weighted by Gasteiger charge is 2.27. The Balaban J connectivity index is 1.80. The number of amides is 2. The zero-order chi connectivity index (χ0) is 20.8. The Kier molecular flexibility index (Phi) is 6.90. The molecule has 156 valence electrons. The van der Waals surface area contributed by atoms with Crippen molar-refractivity contribution in [3.05, 3.63) is 41.5 Å². The normalized spacial score (nSPS) is 12.9. The highest BCUT2D eigenvalue weighted by Crippen LogP contribution is 2.23. The van der Waals surface area contributed by atoms with Crippen LogP contribution in [0.1, 0.15) is 66.8 Å². The van der Waals surface area contributed by atoms with Crippen molar-refractivity contribution in [3.8, 4) is 0 Å². The molecule has 2 aromatic rings. The number of aromatic nitrogens is 2. The number of imidazole rings is 1. The number of fused-ring (bicyclic) bond motifs is 1. The summed E-state index contributed by atoms with van der Waals surface area (Å²) in [6.07, 6.45) is 3.61. The van der Waals surface area contributed by atoms with Gasteiger partial charge in [-0.3, -0.25) is 9.59 Å². The van der Waals surface area contributed by atoms with Crippen LogP contribution in [0.5, 0.6) is 0 Å². The van der Waals surface area contributed by atoms with Gasteiger partial charge in [-0.1, -0.05) is 6.92 Å². The van der Waals surface area contributed by atoms with Crippen molar-refractivity contribution in [2.75, 3.05) is 29.9 Å². The molecule has 1 aliphatic heterocycles. The van der Waals surface area contributed by atoms with Crippen LogP contribution in [0.15, 0.2) is 24.3 Å². The van der Waals surface area contributed by atoms with E-state index in [1.165, 1.54) is 0 Å².